The van der Waals surface area contributed by atoms with Crippen molar-refractivity contribution in [2.24, 2.45) is 0 Å². The van der Waals surface area contributed by atoms with Crippen LogP contribution in [-0.2, 0) is 12.6 Å². The molecule has 0 spiro atoms. The summed E-state index contributed by atoms with van der Waals surface area (Å²) >= 11 is 0. The molecule has 2 aromatic rings. The van der Waals surface area contributed by atoms with Gasteiger partial charge in [-0.05, 0) is 86.2 Å². The Morgan fingerprint density at radius 1 is 1.17 bits per heavy atom. The summed E-state index contributed by atoms with van der Waals surface area (Å²) in [7, 11) is 0. The van der Waals surface area contributed by atoms with E-state index in [1.807, 2.05) is 26.0 Å². The number of benzene rings is 2. The summed E-state index contributed by atoms with van der Waals surface area (Å²) in [6.45, 7) is 6.57. The van der Waals surface area contributed by atoms with Crippen molar-refractivity contribution >= 4 is 5.69 Å². The highest BCUT2D eigenvalue weighted by Crippen LogP contribution is 2.50. The lowest BCUT2D eigenvalue weighted by Crippen LogP contribution is -2.45. The Balaban J connectivity index is 1.64. The molecule has 0 aliphatic carbocycles. The van der Waals surface area contributed by atoms with Crippen LogP contribution in [0.1, 0.15) is 49.3 Å². The van der Waals surface area contributed by atoms with Gasteiger partial charge in [0, 0.05) is 30.7 Å². The zero-order chi connectivity index (χ0) is 21.0. The maximum Gasteiger partial charge on any atom is 0.417 e. The molecule has 0 amide bonds. The highest BCUT2D eigenvalue weighted by molar-refractivity contribution is 5.78. The third-order valence-electron chi connectivity index (χ3n) is 6.58. The van der Waals surface area contributed by atoms with Gasteiger partial charge >= 0.3 is 6.18 Å². The first-order valence-electron chi connectivity index (χ1n) is 10.9. The van der Waals surface area contributed by atoms with Crippen LogP contribution in [0.15, 0.2) is 30.3 Å². The van der Waals surface area contributed by atoms with Crippen molar-refractivity contribution in [1.29, 1.82) is 0 Å². The second-order valence-electron chi connectivity index (χ2n) is 8.91. The van der Waals surface area contributed by atoms with Crippen LogP contribution in [0, 0.1) is 0 Å². The van der Waals surface area contributed by atoms with Crippen molar-refractivity contribution in [2.75, 3.05) is 24.5 Å². The molecule has 1 N–H and O–H groups in total. The molecule has 2 aromatic carbocycles. The third-order valence-corrected chi connectivity index (χ3v) is 6.58. The number of hydrogen-bond donors (Lipinski definition) is 1. The van der Waals surface area contributed by atoms with Crippen LogP contribution in [0.25, 0.3) is 11.1 Å². The molecular weight excluding hydrogens is 389 g/mol. The number of alkyl halides is 3. The van der Waals surface area contributed by atoms with E-state index >= 15 is 0 Å². The summed E-state index contributed by atoms with van der Waals surface area (Å²) in [5.74, 6) is 0.606. The first-order valence-corrected chi connectivity index (χ1v) is 10.9. The van der Waals surface area contributed by atoms with Crippen molar-refractivity contribution in [2.45, 2.75) is 57.3 Å². The quantitative estimate of drug-likeness (QED) is 0.728. The van der Waals surface area contributed by atoms with Gasteiger partial charge in [-0.2, -0.15) is 13.2 Å². The minimum absolute atomic E-state index is 0.178. The summed E-state index contributed by atoms with van der Waals surface area (Å²) in [5.41, 5.74) is 3.98. The smallest absolute Gasteiger partial charge is 0.417 e. The predicted molar refractivity (Wildman–Crippen MR) is 112 cm³/mol. The highest BCUT2D eigenvalue weighted by atomic mass is 19.4. The molecule has 0 unspecified atom stereocenters. The minimum atomic E-state index is -4.44. The van der Waals surface area contributed by atoms with Gasteiger partial charge in [0.25, 0.3) is 0 Å². The number of aryl methyl sites for hydroxylation is 1. The van der Waals surface area contributed by atoms with Crippen LogP contribution in [-0.4, -0.2) is 31.8 Å². The van der Waals surface area contributed by atoms with Crippen LogP contribution in [0.5, 0.6) is 5.75 Å². The van der Waals surface area contributed by atoms with E-state index in [1.54, 1.807) is 12.1 Å². The molecule has 160 valence electrons. The predicted octanol–water partition coefficient (Wildman–Crippen LogP) is 5.37. The Kier molecular flexibility index (Phi) is 4.73. The van der Waals surface area contributed by atoms with Crippen LogP contribution < -0.4 is 15.0 Å². The van der Waals surface area contributed by atoms with E-state index < -0.39 is 11.7 Å². The topological polar surface area (TPSA) is 24.5 Å². The zero-order valence-corrected chi connectivity index (χ0v) is 17.4. The molecule has 0 aromatic heterocycles. The average Bonchev–Trinajstić information content (AvgIpc) is 3.03. The lowest BCUT2D eigenvalue weighted by molar-refractivity contribution is -0.137. The number of piperidine rings is 1. The molecule has 6 heteroatoms. The summed E-state index contributed by atoms with van der Waals surface area (Å²) < 4.78 is 47.5. The van der Waals surface area contributed by atoms with Gasteiger partial charge in [0.2, 0.25) is 0 Å². The minimum Gasteiger partial charge on any atom is -0.491 e. The molecule has 3 aliphatic rings. The molecule has 5 rings (SSSR count). The van der Waals surface area contributed by atoms with Crippen molar-refractivity contribution < 1.29 is 17.9 Å². The van der Waals surface area contributed by atoms with Gasteiger partial charge in [-0.15, -0.1) is 0 Å². The van der Waals surface area contributed by atoms with E-state index in [0.29, 0.717) is 17.5 Å². The SMILES string of the molecule is CC(C)Oc1ccc(-c2cc3c4c(c2)[C@H]2CNCC[C@H]2N4CCC3)c(C(F)(F)F)c1. The van der Waals surface area contributed by atoms with Crippen LogP contribution >= 0.6 is 0 Å². The van der Waals surface area contributed by atoms with E-state index in [-0.39, 0.29) is 17.4 Å². The fourth-order valence-electron chi connectivity index (χ4n) is 5.47. The second kappa shape index (κ2) is 7.19. The summed E-state index contributed by atoms with van der Waals surface area (Å²) in [6, 6.07) is 8.85. The molecule has 0 radical (unpaired) electrons. The molecular formula is C24H27F3N2O. The zero-order valence-electron chi connectivity index (χ0n) is 17.4. The molecule has 0 bridgehead atoms. The van der Waals surface area contributed by atoms with Gasteiger partial charge < -0.3 is 15.0 Å². The normalized spacial score (nSPS) is 22.8. The first kappa shape index (κ1) is 19.7. The Bertz CT molecular complexity index is 970. The number of halogens is 3. The number of nitrogens with one attached hydrogen (secondary N) is 1. The molecule has 1 fully saturated rings. The van der Waals surface area contributed by atoms with Gasteiger partial charge in [0.1, 0.15) is 5.75 Å². The Hall–Kier alpha value is -2.21. The lowest BCUT2D eigenvalue weighted by atomic mass is 9.86. The fourth-order valence-corrected chi connectivity index (χ4v) is 5.47. The molecule has 2 atom stereocenters. The van der Waals surface area contributed by atoms with Crippen LogP contribution in [0.4, 0.5) is 18.9 Å². The number of rotatable bonds is 3. The lowest BCUT2D eigenvalue weighted by Gasteiger charge is -2.36. The van der Waals surface area contributed by atoms with Gasteiger partial charge in [-0.1, -0.05) is 6.07 Å². The molecule has 1 saturated heterocycles. The second-order valence-corrected chi connectivity index (χ2v) is 8.91. The number of anilines is 1. The fraction of sp³-hybridized carbons (Fsp3) is 0.500. The third kappa shape index (κ3) is 3.25. The highest BCUT2D eigenvalue weighted by Gasteiger charge is 2.43. The Morgan fingerprint density at radius 3 is 2.77 bits per heavy atom. The number of fused-ring (bicyclic) bond motifs is 3. The van der Waals surface area contributed by atoms with Crippen molar-refractivity contribution in [1.82, 2.24) is 5.32 Å². The number of ether oxygens (including phenoxy) is 1. The van der Waals surface area contributed by atoms with Gasteiger partial charge in [-0.3, -0.25) is 0 Å². The molecule has 30 heavy (non-hydrogen) atoms. The molecule has 3 heterocycles. The molecule has 0 saturated carbocycles. The van der Waals surface area contributed by atoms with Gasteiger partial charge in [-0.25, -0.2) is 0 Å². The van der Waals surface area contributed by atoms with E-state index in [1.165, 1.54) is 16.8 Å². The van der Waals surface area contributed by atoms with E-state index in [4.69, 9.17) is 4.74 Å². The van der Waals surface area contributed by atoms with Crippen molar-refractivity contribution in [3.05, 3.63) is 47.0 Å². The van der Waals surface area contributed by atoms with Gasteiger partial charge in [0.15, 0.2) is 0 Å². The maximum atomic E-state index is 14.0. The van der Waals surface area contributed by atoms with Crippen LogP contribution in [0.2, 0.25) is 0 Å². The Labute approximate surface area is 175 Å². The van der Waals surface area contributed by atoms with Gasteiger partial charge in [0.05, 0.1) is 11.7 Å². The summed E-state index contributed by atoms with van der Waals surface area (Å²) in [5, 5.41) is 3.48. The maximum absolute atomic E-state index is 14.0. The first-order chi connectivity index (χ1) is 14.3. The van der Waals surface area contributed by atoms with E-state index in [9.17, 15) is 13.2 Å². The van der Waals surface area contributed by atoms with Crippen LogP contribution in [0.3, 0.4) is 0 Å². The number of nitrogens with zero attached hydrogens (tertiary/aromatic N) is 1. The standard InChI is InChI=1S/C24H27F3N2O/c1-14(2)30-17-5-6-18(21(12-17)24(25,26)27)16-10-15-4-3-9-29-22-7-8-28-13-20(22)19(11-16)23(15)29/h5-6,10-12,14,20,22,28H,3-4,7-9,13H2,1-2H3/t20-,22-/m1/s1. The summed E-state index contributed by atoms with van der Waals surface area (Å²) in [4.78, 5) is 2.52. The van der Waals surface area contributed by atoms with Crippen molar-refractivity contribution in [3.8, 4) is 16.9 Å². The number of hydrogen-bond acceptors (Lipinski definition) is 3. The van der Waals surface area contributed by atoms with E-state index in [2.05, 4.69) is 10.2 Å². The average molecular weight is 416 g/mol. The van der Waals surface area contributed by atoms with E-state index in [0.717, 1.165) is 45.0 Å². The summed E-state index contributed by atoms with van der Waals surface area (Å²) in [6.07, 6.45) is -1.55. The molecule has 3 nitrogen and oxygen atoms in total. The van der Waals surface area contributed by atoms with Crippen molar-refractivity contribution in [3.63, 3.8) is 0 Å². The Morgan fingerprint density at radius 2 is 2.00 bits per heavy atom. The molecule has 3 aliphatic heterocycles. The largest absolute Gasteiger partial charge is 0.491 e. The monoisotopic (exact) mass is 416 g/mol.